The van der Waals surface area contributed by atoms with Gasteiger partial charge in [-0.05, 0) is 50.6 Å². The number of piperidine rings is 1. The molecule has 0 spiro atoms. The molecule has 2 heterocycles. The van der Waals surface area contributed by atoms with Crippen LogP contribution >= 0.6 is 11.6 Å². The molecular formula is C17H20ClN3O2. The quantitative estimate of drug-likeness (QED) is 0.934. The SMILES string of the molecule is Cc1conc1CN1CCCC(NC(=O)c2ccc(Cl)cc2)C1. The van der Waals surface area contributed by atoms with Gasteiger partial charge < -0.3 is 9.84 Å². The molecule has 0 saturated carbocycles. The molecule has 5 nitrogen and oxygen atoms in total. The van der Waals surface area contributed by atoms with Gasteiger partial charge >= 0.3 is 0 Å². The smallest absolute Gasteiger partial charge is 0.251 e. The van der Waals surface area contributed by atoms with Crippen molar-refractivity contribution in [3.63, 3.8) is 0 Å². The fourth-order valence-corrected chi connectivity index (χ4v) is 2.99. The van der Waals surface area contributed by atoms with Crippen LogP contribution in [0.5, 0.6) is 0 Å². The van der Waals surface area contributed by atoms with Crippen LogP contribution in [0.1, 0.15) is 34.5 Å². The highest BCUT2D eigenvalue weighted by Gasteiger charge is 2.23. The third-order valence-corrected chi connectivity index (χ3v) is 4.42. The second kappa shape index (κ2) is 7.15. The molecule has 1 saturated heterocycles. The average Bonchev–Trinajstić information content (AvgIpc) is 2.93. The van der Waals surface area contributed by atoms with Crippen molar-refractivity contribution >= 4 is 17.5 Å². The third-order valence-electron chi connectivity index (χ3n) is 4.17. The van der Waals surface area contributed by atoms with Gasteiger partial charge in [0.1, 0.15) is 12.0 Å². The normalized spacial score (nSPS) is 18.8. The van der Waals surface area contributed by atoms with E-state index in [4.69, 9.17) is 16.1 Å². The van der Waals surface area contributed by atoms with Crippen LogP contribution in [0.3, 0.4) is 0 Å². The first kappa shape index (κ1) is 16.0. The van der Waals surface area contributed by atoms with E-state index in [2.05, 4.69) is 15.4 Å². The Labute approximate surface area is 140 Å². The summed E-state index contributed by atoms with van der Waals surface area (Å²) in [5.74, 6) is -0.0499. The summed E-state index contributed by atoms with van der Waals surface area (Å²) in [7, 11) is 0. The lowest BCUT2D eigenvalue weighted by Crippen LogP contribution is -2.47. The minimum atomic E-state index is -0.0499. The van der Waals surface area contributed by atoms with Crippen LogP contribution < -0.4 is 5.32 Å². The number of aryl methyl sites for hydroxylation is 1. The van der Waals surface area contributed by atoms with E-state index in [1.807, 2.05) is 6.92 Å². The maximum absolute atomic E-state index is 12.3. The number of hydrogen-bond acceptors (Lipinski definition) is 4. The standard InChI is InChI=1S/C17H20ClN3O2/c1-12-11-23-20-16(12)10-21-8-2-3-15(9-21)19-17(22)13-4-6-14(18)7-5-13/h4-7,11,15H,2-3,8-10H2,1H3,(H,19,22). The third kappa shape index (κ3) is 4.12. The Hall–Kier alpha value is -1.85. The fourth-order valence-electron chi connectivity index (χ4n) is 2.86. The number of benzene rings is 1. The minimum Gasteiger partial charge on any atom is -0.364 e. The summed E-state index contributed by atoms with van der Waals surface area (Å²) < 4.78 is 4.99. The lowest BCUT2D eigenvalue weighted by molar-refractivity contribution is 0.0899. The molecule has 0 radical (unpaired) electrons. The molecule has 2 aromatic rings. The molecule has 1 unspecified atom stereocenters. The summed E-state index contributed by atoms with van der Waals surface area (Å²) in [5, 5.41) is 7.78. The predicted octanol–water partition coefficient (Wildman–Crippen LogP) is 3.03. The van der Waals surface area contributed by atoms with Gasteiger partial charge in [-0.1, -0.05) is 16.8 Å². The Bertz CT molecular complexity index is 669. The molecule has 1 amide bonds. The number of hydrogen-bond donors (Lipinski definition) is 1. The van der Waals surface area contributed by atoms with E-state index >= 15 is 0 Å². The number of nitrogens with zero attached hydrogens (tertiary/aromatic N) is 2. The summed E-state index contributed by atoms with van der Waals surface area (Å²) in [4.78, 5) is 14.6. The Morgan fingerprint density at radius 1 is 1.43 bits per heavy atom. The molecule has 122 valence electrons. The zero-order valence-electron chi connectivity index (χ0n) is 13.1. The Kier molecular flexibility index (Phi) is 4.98. The molecule has 6 heteroatoms. The predicted molar refractivity (Wildman–Crippen MR) is 88.5 cm³/mol. The van der Waals surface area contributed by atoms with Crippen LogP contribution in [0.4, 0.5) is 0 Å². The Balaban J connectivity index is 1.57. The van der Waals surface area contributed by atoms with E-state index in [0.717, 1.165) is 43.7 Å². The maximum Gasteiger partial charge on any atom is 0.251 e. The van der Waals surface area contributed by atoms with Crippen molar-refractivity contribution < 1.29 is 9.32 Å². The van der Waals surface area contributed by atoms with Crippen molar-refractivity contribution in [1.29, 1.82) is 0 Å². The molecule has 1 N–H and O–H groups in total. The summed E-state index contributed by atoms with van der Waals surface area (Å²) in [6.45, 7) is 4.59. The molecule has 1 atom stereocenters. The van der Waals surface area contributed by atoms with Gasteiger partial charge in [0.05, 0.1) is 0 Å². The number of amides is 1. The molecule has 0 bridgehead atoms. The molecule has 1 aliphatic heterocycles. The van der Waals surface area contributed by atoms with E-state index < -0.39 is 0 Å². The lowest BCUT2D eigenvalue weighted by Gasteiger charge is -2.32. The maximum atomic E-state index is 12.3. The average molecular weight is 334 g/mol. The zero-order chi connectivity index (χ0) is 16.2. The van der Waals surface area contributed by atoms with Crippen LogP contribution in [0.25, 0.3) is 0 Å². The van der Waals surface area contributed by atoms with Crippen LogP contribution in [-0.2, 0) is 6.54 Å². The summed E-state index contributed by atoms with van der Waals surface area (Å²) >= 11 is 5.86. The van der Waals surface area contributed by atoms with Crippen LogP contribution in [-0.4, -0.2) is 35.1 Å². The molecule has 1 aliphatic rings. The van der Waals surface area contributed by atoms with Gasteiger partial charge in [0, 0.05) is 35.3 Å². The Morgan fingerprint density at radius 2 is 2.22 bits per heavy atom. The van der Waals surface area contributed by atoms with Crippen molar-refractivity contribution in [2.45, 2.75) is 32.4 Å². The molecule has 0 aliphatic carbocycles. The number of nitrogens with one attached hydrogen (secondary N) is 1. The van der Waals surface area contributed by atoms with Crippen molar-refractivity contribution in [3.05, 3.63) is 52.4 Å². The van der Waals surface area contributed by atoms with Crippen LogP contribution in [0.2, 0.25) is 5.02 Å². The molecule has 1 aromatic carbocycles. The molecule has 1 aromatic heterocycles. The number of carbonyl (C=O) groups excluding carboxylic acids is 1. The molecule has 1 fully saturated rings. The first-order chi connectivity index (χ1) is 11.1. The molecule has 3 rings (SSSR count). The lowest BCUT2D eigenvalue weighted by atomic mass is 10.0. The van der Waals surface area contributed by atoms with Crippen molar-refractivity contribution in [1.82, 2.24) is 15.4 Å². The van der Waals surface area contributed by atoms with Crippen molar-refractivity contribution in [2.24, 2.45) is 0 Å². The number of carbonyl (C=O) groups is 1. The van der Waals surface area contributed by atoms with Crippen molar-refractivity contribution in [3.8, 4) is 0 Å². The summed E-state index contributed by atoms with van der Waals surface area (Å²) in [6.07, 6.45) is 3.72. The monoisotopic (exact) mass is 333 g/mol. The highest BCUT2D eigenvalue weighted by Crippen LogP contribution is 2.16. The van der Waals surface area contributed by atoms with E-state index in [1.54, 1.807) is 30.5 Å². The topological polar surface area (TPSA) is 58.4 Å². The van der Waals surface area contributed by atoms with Gasteiger partial charge in [-0.15, -0.1) is 0 Å². The second-order valence-electron chi connectivity index (χ2n) is 6.00. The van der Waals surface area contributed by atoms with Crippen LogP contribution in [0, 0.1) is 6.92 Å². The van der Waals surface area contributed by atoms with Crippen molar-refractivity contribution in [2.75, 3.05) is 13.1 Å². The minimum absolute atomic E-state index is 0.0499. The zero-order valence-corrected chi connectivity index (χ0v) is 13.8. The van der Waals surface area contributed by atoms with Gasteiger partial charge in [-0.3, -0.25) is 9.69 Å². The van der Waals surface area contributed by atoms with E-state index in [9.17, 15) is 4.79 Å². The highest BCUT2D eigenvalue weighted by atomic mass is 35.5. The number of likely N-dealkylation sites (tertiary alicyclic amines) is 1. The highest BCUT2D eigenvalue weighted by molar-refractivity contribution is 6.30. The van der Waals surface area contributed by atoms with Gasteiger partial charge in [0.2, 0.25) is 0 Å². The fraction of sp³-hybridized carbons (Fsp3) is 0.412. The first-order valence-corrected chi connectivity index (χ1v) is 8.18. The van der Waals surface area contributed by atoms with E-state index in [0.29, 0.717) is 10.6 Å². The van der Waals surface area contributed by atoms with Gasteiger partial charge in [-0.25, -0.2) is 0 Å². The summed E-state index contributed by atoms with van der Waals surface area (Å²) in [5.41, 5.74) is 2.67. The number of rotatable bonds is 4. The molecular weight excluding hydrogens is 314 g/mol. The van der Waals surface area contributed by atoms with Crippen LogP contribution in [0.15, 0.2) is 35.1 Å². The largest absolute Gasteiger partial charge is 0.364 e. The second-order valence-corrected chi connectivity index (χ2v) is 6.44. The van der Waals surface area contributed by atoms with Gasteiger partial charge in [0.15, 0.2) is 0 Å². The van der Waals surface area contributed by atoms with Gasteiger partial charge in [-0.2, -0.15) is 0 Å². The first-order valence-electron chi connectivity index (χ1n) is 7.80. The van der Waals surface area contributed by atoms with Gasteiger partial charge in [0.25, 0.3) is 5.91 Å². The van der Waals surface area contributed by atoms with E-state index in [-0.39, 0.29) is 11.9 Å². The summed E-state index contributed by atoms with van der Waals surface area (Å²) in [6, 6.07) is 7.11. The number of halogens is 1. The van der Waals surface area contributed by atoms with E-state index in [1.165, 1.54) is 0 Å². The Morgan fingerprint density at radius 3 is 2.91 bits per heavy atom. The number of aromatic nitrogens is 1. The molecule has 23 heavy (non-hydrogen) atoms.